The molecule has 3 nitrogen and oxygen atoms in total. The van der Waals surface area contributed by atoms with Gasteiger partial charge in [0.15, 0.2) is 11.5 Å². The Balaban J connectivity index is 2.09. The number of hydrogen-bond donors (Lipinski definition) is 0. The maximum atomic E-state index is 13.8. The van der Waals surface area contributed by atoms with E-state index in [1.54, 1.807) is 18.2 Å². The highest BCUT2D eigenvalue weighted by Crippen LogP contribution is 2.35. The van der Waals surface area contributed by atoms with Crippen molar-refractivity contribution >= 4 is 6.29 Å². The molecule has 0 bridgehead atoms. The molecule has 1 heterocycles. The average molecular weight is 258 g/mol. The number of benzene rings is 2. The lowest BCUT2D eigenvalue weighted by molar-refractivity contribution is 0.112. The molecular weight excluding hydrogens is 247 g/mol. The van der Waals surface area contributed by atoms with Crippen molar-refractivity contribution < 1.29 is 18.7 Å². The van der Waals surface area contributed by atoms with E-state index in [4.69, 9.17) is 9.47 Å². The van der Waals surface area contributed by atoms with Gasteiger partial charge in [0.25, 0.3) is 0 Å². The van der Waals surface area contributed by atoms with Gasteiger partial charge in [-0.2, -0.15) is 0 Å². The molecule has 0 N–H and O–H groups in total. The average Bonchev–Trinajstić information content (AvgIpc) is 2.47. The summed E-state index contributed by atoms with van der Waals surface area (Å²) in [6.45, 7) is 0.995. The third kappa shape index (κ3) is 2.17. The van der Waals surface area contributed by atoms with Gasteiger partial charge in [-0.15, -0.1) is 0 Å². The smallest absolute Gasteiger partial charge is 0.161 e. The highest BCUT2D eigenvalue weighted by Gasteiger charge is 2.14. The van der Waals surface area contributed by atoms with Gasteiger partial charge in [-0.05, 0) is 35.9 Å². The molecule has 0 unspecified atom stereocenters. The predicted octanol–water partition coefficient (Wildman–Crippen LogP) is 3.08. The van der Waals surface area contributed by atoms with Gasteiger partial charge in [-0.25, -0.2) is 4.39 Å². The van der Waals surface area contributed by atoms with Crippen molar-refractivity contribution in [1.29, 1.82) is 0 Å². The fraction of sp³-hybridized carbons (Fsp3) is 0.133. The van der Waals surface area contributed by atoms with Crippen molar-refractivity contribution in [2.24, 2.45) is 0 Å². The quantitative estimate of drug-likeness (QED) is 0.776. The Morgan fingerprint density at radius 1 is 1.00 bits per heavy atom. The van der Waals surface area contributed by atoms with Crippen molar-refractivity contribution in [3.05, 3.63) is 47.8 Å². The first-order valence-corrected chi connectivity index (χ1v) is 5.93. The van der Waals surface area contributed by atoms with Crippen LogP contribution in [0.5, 0.6) is 11.5 Å². The molecule has 0 spiro atoms. The number of fused-ring (bicyclic) bond motifs is 1. The Morgan fingerprint density at radius 2 is 1.79 bits per heavy atom. The van der Waals surface area contributed by atoms with Crippen LogP contribution < -0.4 is 9.47 Å². The fourth-order valence-electron chi connectivity index (χ4n) is 2.05. The standard InChI is InChI=1S/C15H11FO3/c16-13-3-1-10(9-17)7-12(13)11-2-4-14-15(8-11)19-6-5-18-14/h1-4,7-9H,5-6H2. The summed E-state index contributed by atoms with van der Waals surface area (Å²) in [6.07, 6.45) is 0.695. The fourth-order valence-corrected chi connectivity index (χ4v) is 2.05. The van der Waals surface area contributed by atoms with Crippen LogP contribution in [-0.4, -0.2) is 19.5 Å². The highest BCUT2D eigenvalue weighted by molar-refractivity contribution is 5.79. The van der Waals surface area contributed by atoms with E-state index in [9.17, 15) is 9.18 Å². The lowest BCUT2D eigenvalue weighted by Crippen LogP contribution is -2.15. The van der Waals surface area contributed by atoms with Gasteiger partial charge in [0.1, 0.15) is 25.3 Å². The van der Waals surface area contributed by atoms with Gasteiger partial charge in [0, 0.05) is 11.1 Å². The van der Waals surface area contributed by atoms with Crippen molar-refractivity contribution in [3.8, 4) is 22.6 Å². The Hall–Kier alpha value is -2.36. The van der Waals surface area contributed by atoms with Crippen LogP contribution in [0.1, 0.15) is 10.4 Å². The van der Waals surface area contributed by atoms with Crippen LogP contribution in [-0.2, 0) is 0 Å². The highest BCUT2D eigenvalue weighted by atomic mass is 19.1. The molecule has 0 atom stereocenters. The number of ether oxygens (including phenoxy) is 2. The van der Waals surface area contributed by atoms with Crippen molar-refractivity contribution in [2.45, 2.75) is 0 Å². The second-order valence-electron chi connectivity index (χ2n) is 4.22. The van der Waals surface area contributed by atoms with Crippen molar-refractivity contribution in [1.82, 2.24) is 0 Å². The second kappa shape index (κ2) is 4.72. The van der Waals surface area contributed by atoms with Crippen LogP contribution in [0.15, 0.2) is 36.4 Å². The second-order valence-corrected chi connectivity index (χ2v) is 4.22. The lowest BCUT2D eigenvalue weighted by atomic mass is 10.0. The maximum absolute atomic E-state index is 13.8. The molecule has 1 aliphatic rings. The molecule has 3 rings (SSSR count). The third-order valence-corrected chi connectivity index (χ3v) is 2.98. The minimum atomic E-state index is -0.373. The molecule has 0 saturated carbocycles. The summed E-state index contributed by atoms with van der Waals surface area (Å²) >= 11 is 0. The van der Waals surface area contributed by atoms with Crippen LogP contribution in [0.25, 0.3) is 11.1 Å². The van der Waals surface area contributed by atoms with E-state index >= 15 is 0 Å². The topological polar surface area (TPSA) is 35.5 Å². The van der Waals surface area contributed by atoms with E-state index in [-0.39, 0.29) is 5.82 Å². The maximum Gasteiger partial charge on any atom is 0.161 e. The number of hydrogen-bond acceptors (Lipinski definition) is 3. The summed E-state index contributed by atoms with van der Waals surface area (Å²) in [7, 11) is 0. The normalized spacial score (nSPS) is 13.1. The zero-order chi connectivity index (χ0) is 13.2. The number of rotatable bonds is 2. The summed E-state index contributed by atoms with van der Waals surface area (Å²) in [5.74, 6) is 0.879. The van der Waals surface area contributed by atoms with Gasteiger partial charge in [0.05, 0.1) is 0 Å². The van der Waals surface area contributed by atoms with Gasteiger partial charge >= 0.3 is 0 Å². The van der Waals surface area contributed by atoms with Crippen LogP contribution in [0, 0.1) is 5.82 Å². The molecule has 0 aliphatic carbocycles. The van der Waals surface area contributed by atoms with E-state index in [0.717, 1.165) is 0 Å². The summed E-state index contributed by atoms with van der Waals surface area (Å²) in [5.41, 5.74) is 1.47. The largest absolute Gasteiger partial charge is 0.486 e. The molecule has 2 aromatic rings. The molecule has 96 valence electrons. The Bertz CT molecular complexity index is 637. The monoisotopic (exact) mass is 258 g/mol. The van der Waals surface area contributed by atoms with Crippen LogP contribution in [0.2, 0.25) is 0 Å². The molecule has 0 fully saturated rings. The van der Waals surface area contributed by atoms with Crippen molar-refractivity contribution in [2.75, 3.05) is 13.2 Å². The molecule has 19 heavy (non-hydrogen) atoms. The van der Waals surface area contributed by atoms with E-state index in [1.165, 1.54) is 18.2 Å². The lowest BCUT2D eigenvalue weighted by Gasteiger charge is -2.19. The van der Waals surface area contributed by atoms with E-state index < -0.39 is 0 Å². The molecule has 0 radical (unpaired) electrons. The van der Waals surface area contributed by atoms with Crippen LogP contribution >= 0.6 is 0 Å². The first-order valence-electron chi connectivity index (χ1n) is 5.93. The summed E-state index contributed by atoms with van der Waals surface area (Å²) < 4.78 is 24.7. The SMILES string of the molecule is O=Cc1ccc(F)c(-c2ccc3c(c2)OCCO3)c1. The molecule has 1 aliphatic heterocycles. The van der Waals surface area contributed by atoms with Crippen LogP contribution in [0.3, 0.4) is 0 Å². The van der Waals surface area contributed by atoms with Gasteiger partial charge in [-0.1, -0.05) is 6.07 Å². The van der Waals surface area contributed by atoms with Gasteiger partial charge < -0.3 is 9.47 Å². The van der Waals surface area contributed by atoms with Gasteiger partial charge in [-0.3, -0.25) is 4.79 Å². The predicted molar refractivity (Wildman–Crippen MR) is 68.2 cm³/mol. The zero-order valence-electron chi connectivity index (χ0n) is 10.1. The minimum absolute atomic E-state index is 0.373. The summed E-state index contributed by atoms with van der Waals surface area (Å²) in [5, 5.41) is 0. The number of carbonyl (C=O) groups excluding carboxylic acids is 1. The van der Waals surface area contributed by atoms with E-state index in [1.807, 2.05) is 0 Å². The van der Waals surface area contributed by atoms with E-state index in [0.29, 0.717) is 47.7 Å². The first kappa shape index (κ1) is 11.7. The summed E-state index contributed by atoms with van der Waals surface area (Å²) in [6, 6.07) is 9.48. The summed E-state index contributed by atoms with van der Waals surface area (Å²) in [4.78, 5) is 10.8. The number of aldehydes is 1. The van der Waals surface area contributed by atoms with Crippen molar-refractivity contribution in [3.63, 3.8) is 0 Å². The first-order chi connectivity index (χ1) is 9.28. The molecule has 0 amide bonds. The minimum Gasteiger partial charge on any atom is -0.486 e. The number of carbonyl (C=O) groups is 1. The number of halogens is 1. The molecular formula is C15H11FO3. The molecule has 0 aromatic heterocycles. The zero-order valence-corrected chi connectivity index (χ0v) is 10.1. The Kier molecular flexibility index (Phi) is 2.91. The Morgan fingerprint density at radius 3 is 2.58 bits per heavy atom. The van der Waals surface area contributed by atoms with E-state index in [2.05, 4.69) is 0 Å². The molecule has 0 saturated heterocycles. The third-order valence-electron chi connectivity index (χ3n) is 2.98. The van der Waals surface area contributed by atoms with Crippen LogP contribution in [0.4, 0.5) is 4.39 Å². The Labute approximate surface area is 109 Å². The molecule has 4 heteroatoms. The van der Waals surface area contributed by atoms with Gasteiger partial charge in [0.2, 0.25) is 0 Å². The molecule has 2 aromatic carbocycles.